The summed E-state index contributed by atoms with van der Waals surface area (Å²) in [4.78, 5) is 21.9. The number of carboxylic acid groups (broad SMARTS) is 1. The Morgan fingerprint density at radius 3 is 2.83 bits per heavy atom. The number of nitrogens with one attached hydrogen (secondary N) is 2. The van der Waals surface area contributed by atoms with Crippen LogP contribution in [-0.2, 0) is 9.59 Å². The molecule has 1 aromatic rings. The van der Waals surface area contributed by atoms with Gasteiger partial charge in [0.2, 0.25) is 0 Å². The van der Waals surface area contributed by atoms with E-state index in [1.165, 1.54) is 6.20 Å². The molecule has 1 amide bonds. The summed E-state index contributed by atoms with van der Waals surface area (Å²) < 4.78 is 11.2. The zero-order valence-electron chi connectivity index (χ0n) is 12.1. The van der Waals surface area contributed by atoms with Gasteiger partial charge in [0.05, 0.1) is 6.54 Å². The Balaban J connectivity index is 1.84. The summed E-state index contributed by atoms with van der Waals surface area (Å²) in [6.45, 7) is 0.116. The number of fused-ring (bicyclic) bond motifs is 1. The highest BCUT2D eigenvalue weighted by molar-refractivity contribution is 5.98. The van der Waals surface area contributed by atoms with E-state index in [9.17, 15) is 9.59 Å². The molecule has 1 aliphatic heterocycles. The number of hydrogen-bond acceptors (Lipinski definition) is 6. The van der Waals surface area contributed by atoms with Gasteiger partial charge in [-0.15, -0.1) is 0 Å². The highest BCUT2D eigenvalue weighted by atomic mass is 16.6. The number of nitriles is 1. The fraction of sp³-hybridized carbons (Fsp3) is 0.267. The molecule has 2 rings (SSSR count). The zero-order chi connectivity index (χ0) is 16.7. The van der Waals surface area contributed by atoms with Gasteiger partial charge in [-0.05, 0) is 12.1 Å². The molecule has 23 heavy (non-hydrogen) atoms. The van der Waals surface area contributed by atoms with E-state index in [4.69, 9.17) is 19.8 Å². The predicted octanol–water partition coefficient (Wildman–Crippen LogP) is 0.0243. The molecule has 1 heterocycles. The molecule has 0 spiro atoms. The molecule has 0 aromatic heterocycles. The summed E-state index contributed by atoms with van der Waals surface area (Å²) in [5.41, 5.74) is -0.219. The van der Waals surface area contributed by atoms with Gasteiger partial charge in [-0.2, -0.15) is 5.26 Å². The number of hydrogen-bond donors (Lipinski definition) is 3. The molecule has 1 unspecified atom stereocenters. The van der Waals surface area contributed by atoms with E-state index in [2.05, 4.69) is 10.6 Å². The number of benzene rings is 1. The smallest absolute Gasteiger partial charge is 0.322 e. The Kier molecular flexibility index (Phi) is 5.41. The molecule has 8 heteroatoms. The van der Waals surface area contributed by atoms with E-state index >= 15 is 0 Å². The van der Waals surface area contributed by atoms with Gasteiger partial charge in [-0.1, -0.05) is 12.1 Å². The number of aliphatic carboxylic acids is 1. The molecule has 8 nitrogen and oxygen atoms in total. The molecule has 1 aliphatic rings. The third-order valence-electron chi connectivity index (χ3n) is 2.92. The van der Waals surface area contributed by atoms with Gasteiger partial charge in [-0.3, -0.25) is 9.59 Å². The highest BCUT2D eigenvalue weighted by Crippen LogP contribution is 2.30. The van der Waals surface area contributed by atoms with Crippen LogP contribution in [0, 0.1) is 11.3 Å². The van der Waals surface area contributed by atoms with Crippen LogP contribution in [0.3, 0.4) is 0 Å². The van der Waals surface area contributed by atoms with Gasteiger partial charge in [0.1, 0.15) is 30.9 Å². The van der Waals surface area contributed by atoms with Gasteiger partial charge >= 0.3 is 5.97 Å². The number of ether oxygens (including phenoxy) is 2. The van der Waals surface area contributed by atoms with Crippen LogP contribution in [0.1, 0.15) is 0 Å². The van der Waals surface area contributed by atoms with E-state index < -0.39 is 18.4 Å². The molecule has 0 saturated carbocycles. The molecule has 0 saturated heterocycles. The molecule has 1 atom stereocenters. The first kappa shape index (κ1) is 16.2. The predicted molar refractivity (Wildman–Crippen MR) is 78.7 cm³/mol. The number of carbonyl (C=O) groups excluding carboxylic acids is 1. The topological polar surface area (TPSA) is 121 Å². The minimum absolute atomic E-state index is 0.219. The van der Waals surface area contributed by atoms with Crippen molar-refractivity contribution < 1.29 is 24.2 Å². The summed E-state index contributed by atoms with van der Waals surface area (Å²) in [7, 11) is 0. The molecule has 0 bridgehead atoms. The van der Waals surface area contributed by atoms with Crippen molar-refractivity contribution in [3.8, 4) is 17.6 Å². The summed E-state index contributed by atoms with van der Waals surface area (Å²) in [5.74, 6) is -0.636. The molecule has 1 aromatic carbocycles. The maximum atomic E-state index is 11.6. The van der Waals surface area contributed by atoms with Crippen molar-refractivity contribution in [2.75, 3.05) is 19.7 Å². The summed E-state index contributed by atoms with van der Waals surface area (Å²) in [6, 6.07) is 8.97. The van der Waals surface area contributed by atoms with Crippen molar-refractivity contribution in [2.24, 2.45) is 0 Å². The summed E-state index contributed by atoms with van der Waals surface area (Å²) >= 11 is 0. The van der Waals surface area contributed by atoms with E-state index in [0.29, 0.717) is 24.7 Å². The van der Waals surface area contributed by atoms with Gasteiger partial charge in [0.15, 0.2) is 11.5 Å². The lowest BCUT2D eigenvalue weighted by atomic mass is 10.2. The average molecular weight is 317 g/mol. The lowest BCUT2D eigenvalue weighted by molar-refractivity contribution is -0.137. The Labute approximate surface area is 132 Å². The second-order valence-electron chi connectivity index (χ2n) is 4.65. The van der Waals surface area contributed by atoms with Crippen LogP contribution in [-0.4, -0.2) is 42.8 Å². The van der Waals surface area contributed by atoms with E-state index in [1.807, 2.05) is 12.1 Å². The second kappa shape index (κ2) is 7.70. The lowest BCUT2D eigenvalue weighted by Gasteiger charge is -2.26. The van der Waals surface area contributed by atoms with Gasteiger partial charge in [-0.25, -0.2) is 0 Å². The van der Waals surface area contributed by atoms with Crippen molar-refractivity contribution in [1.82, 2.24) is 10.6 Å². The SMILES string of the molecule is N#C/C(=C/NCC1COc2ccccc2O1)C(=O)NCC(=O)O. The van der Waals surface area contributed by atoms with Crippen LogP contribution in [0.15, 0.2) is 36.0 Å². The van der Waals surface area contributed by atoms with Crippen molar-refractivity contribution in [3.05, 3.63) is 36.0 Å². The van der Waals surface area contributed by atoms with Gasteiger partial charge in [0.25, 0.3) is 5.91 Å². The summed E-state index contributed by atoms with van der Waals surface area (Å²) in [6.07, 6.45) is 0.948. The first-order valence-corrected chi connectivity index (χ1v) is 6.82. The van der Waals surface area contributed by atoms with Crippen LogP contribution in [0.4, 0.5) is 0 Å². The Morgan fingerprint density at radius 2 is 2.13 bits per heavy atom. The molecule has 120 valence electrons. The van der Waals surface area contributed by atoms with Crippen LogP contribution in [0.5, 0.6) is 11.5 Å². The molecule has 0 aliphatic carbocycles. The zero-order valence-corrected chi connectivity index (χ0v) is 12.1. The quantitative estimate of drug-likeness (QED) is 0.500. The second-order valence-corrected chi connectivity index (χ2v) is 4.65. The minimum atomic E-state index is -1.19. The van der Waals surface area contributed by atoms with Crippen LogP contribution >= 0.6 is 0 Å². The van der Waals surface area contributed by atoms with Crippen LogP contribution in [0.25, 0.3) is 0 Å². The number of carbonyl (C=O) groups is 2. The fourth-order valence-corrected chi connectivity index (χ4v) is 1.86. The molecule has 0 fully saturated rings. The van der Waals surface area contributed by atoms with Crippen molar-refractivity contribution >= 4 is 11.9 Å². The number of nitrogens with zero attached hydrogens (tertiary/aromatic N) is 1. The number of rotatable bonds is 6. The van der Waals surface area contributed by atoms with Crippen molar-refractivity contribution in [2.45, 2.75) is 6.10 Å². The van der Waals surface area contributed by atoms with Crippen molar-refractivity contribution in [1.29, 1.82) is 5.26 Å². The van der Waals surface area contributed by atoms with E-state index in [0.717, 1.165) is 0 Å². The Bertz CT molecular complexity index is 665. The van der Waals surface area contributed by atoms with E-state index in [1.54, 1.807) is 18.2 Å². The number of para-hydroxylation sites is 2. The largest absolute Gasteiger partial charge is 0.486 e. The molecule has 0 radical (unpaired) electrons. The number of carboxylic acids is 1. The van der Waals surface area contributed by atoms with Gasteiger partial charge in [0, 0.05) is 6.20 Å². The normalized spacial score (nSPS) is 16.1. The minimum Gasteiger partial charge on any atom is -0.486 e. The number of amides is 1. The monoisotopic (exact) mass is 317 g/mol. The average Bonchev–Trinajstić information content (AvgIpc) is 2.56. The molecular formula is C15H15N3O5. The highest BCUT2D eigenvalue weighted by Gasteiger charge is 2.20. The molecular weight excluding hydrogens is 302 g/mol. The Hall–Kier alpha value is -3.21. The lowest BCUT2D eigenvalue weighted by Crippen LogP contribution is -2.37. The third-order valence-corrected chi connectivity index (χ3v) is 2.92. The van der Waals surface area contributed by atoms with Crippen LogP contribution < -0.4 is 20.1 Å². The first-order valence-electron chi connectivity index (χ1n) is 6.82. The third kappa shape index (κ3) is 4.64. The fourth-order valence-electron chi connectivity index (χ4n) is 1.86. The maximum Gasteiger partial charge on any atom is 0.322 e. The standard InChI is InChI=1S/C15H15N3O5/c16-5-10(15(21)18-8-14(19)20)6-17-7-11-9-22-12-3-1-2-4-13(12)23-11/h1-4,6,11,17H,7-9H2,(H,18,21)(H,19,20)/b10-6-. The maximum absolute atomic E-state index is 11.6. The molecule has 3 N–H and O–H groups in total. The van der Waals surface area contributed by atoms with Gasteiger partial charge < -0.3 is 25.2 Å². The Morgan fingerprint density at radius 1 is 1.39 bits per heavy atom. The first-order chi connectivity index (χ1) is 11.1. The van der Waals surface area contributed by atoms with Crippen LogP contribution in [0.2, 0.25) is 0 Å². The van der Waals surface area contributed by atoms with E-state index in [-0.39, 0.29) is 11.7 Å². The summed E-state index contributed by atoms with van der Waals surface area (Å²) in [5, 5.41) is 22.3. The van der Waals surface area contributed by atoms with Crippen molar-refractivity contribution in [3.63, 3.8) is 0 Å².